The molecular formula is C12H12N4S2. The topological polar surface area (TPSA) is 63.8 Å². The van der Waals surface area contributed by atoms with Crippen LogP contribution in [0.25, 0.3) is 0 Å². The molecule has 2 aromatic rings. The second-order valence-corrected chi connectivity index (χ2v) is 5.68. The van der Waals surface area contributed by atoms with E-state index in [1.165, 1.54) is 17.0 Å². The molecular weight excluding hydrogens is 264 g/mol. The predicted molar refractivity (Wildman–Crippen MR) is 77.5 cm³/mol. The number of rotatable bonds is 3. The molecule has 3 N–H and O–H groups in total. The number of aryl methyl sites for hydroxylation is 2. The number of nitrogens with two attached hydrogens (primary N) is 1. The van der Waals surface area contributed by atoms with Crippen LogP contribution in [0.1, 0.15) is 22.6 Å². The monoisotopic (exact) mass is 276 g/mol. The molecule has 92 valence electrons. The average Bonchev–Trinajstić information content (AvgIpc) is 2.90. The minimum absolute atomic E-state index is 0.377. The number of hydrogen-bond acceptors (Lipinski definition) is 5. The summed E-state index contributed by atoms with van der Waals surface area (Å²) in [5.74, 6) is 0.729. The first-order chi connectivity index (χ1) is 8.72. The largest absolute Gasteiger partial charge is 0.389 e. The van der Waals surface area contributed by atoms with Gasteiger partial charge in [0.15, 0.2) is 5.13 Å². The molecule has 6 heteroatoms. The first-order valence-corrected chi connectivity index (χ1v) is 6.96. The van der Waals surface area contributed by atoms with Crippen LogP contribution in [-0.4, -0.2) is 15.0 Å². The maximum absolute atomic E-state index is 5.60. The Balaban J connectivity index is 1.83. The van der Waals surface area contributed by atoms with E-state index in [2.05, 4.69) is 15.3 Å². The number of aromatic nitrogens is 2. The molecule has 0 fully saturated rings. The molecule has 0 saturated heterocycles. The van der Waals surface area contributed by atoms with Gasteiger partial charge in [0, 0.05) is 16.6 Å². The summed E-state index contributed by atoms with van der Waals surface area (Å²) in [5.41, 5.74) is 7.64. The number of anilines is 2. The number of nitrogens with zero attached hydrogens (tertiary/aromatic N) is 2. The molecule has 1 aliphatic carbocycles. The first kappa shape index (κ1) is 11.6. The third-order valence-electron chi connectivity index (χ3n) is 2.88. The maximum atomic E-state index is 5.60. The molecule has 0 atom stereocenters. The molecule has 0 unspecified atom stereocenters. The molecule has 1 aliphatic rings. The van der Waals surface area contributed by atoms with Crippen molar-refractivity contribution in [2.75, 3.05) is 5.32 Å². The van der Waals surface area contributed by atoms with E-state index in [1.807, 2.05) is 6.07 Å². The molecule has 0 spiro atoms. The standard InChI is InChI=1S/C12H12N4S2/c13-11(17)7-4-5-14-10(6-7)16-12-15-8-2-1-3-9(8)18-12/h4-6H,1-3H2,(H2,13,17)(H,14,15,16). The highest BCUT2D eigenvalue weighted by Gasteiger charge is 2.16. The summed E-state index contributed by atoms with van der Waals surface area (Å²) in [5, 5.41) is 4.11. The van der Waals surface area contributed by atoms with E-state index < -0.39 is 0 Å². The van der Waals surface area contributed by atoms with Crippen molar-refractivity contribution in [2.24, 2.45) is 5.73 Å². The maximum Gasteiger partial charge on any atom is 0.188 e. The lowest BCUT2D eigenvalue weighted by Gasteiger charge is -2.03. The number of pyridine rings is 1. The van der Waals surface area contributed by atoms with E-state index in [9.17, 15) is 0 Å². The van der Waals surface area contributed by atoms with E-state index in [-0.39, 0.29) is 0 Å². The fourth-order valence-corrected chi connectivity index (χ4v) is 3.19. The van der Waals surface area contributed by atoms with Gasteiger partial charge in [-0.15, -0.1) is 11.3 Å². The summed E-state index contributed by atoms with van der Waals surface area (Å²) >= 11 is 6.65. The minimum Gasteiger partial charge on any atom is -0.389 e. The molecule has 0 aliphatic heterocycles. The van der Waals surface area contributed by atoms with Gasteiger partial charge in [-0.05, 0) is 31.4 Å². The summed E-state index contributed by atoms with van der Waals surface area (Å²) in [6.07, 6.45) is 5.16. The molecule has 3 rings (SSSR count). The highest BCUT2D eigenvalue weighted by Crippen LogP contribution is 2.31. The Bertz CT molecular complexity index is 584. The zero-order valence-electron chi connectivity index (χ0n) is 9.64. The van der Waals surface area contributed by atoms with Gasteiger partial charge < -0.3 is 11.1 Å². The lowest BCUT2D eigenvalue weighted by atomic mass is 10.2. The number of thiazole rings is 1. The van der Waals surface area contributed by atoms with Crippen molar-refractivity contribution in [3.63, 3.8) is 0 Å². The van der Waals surface area contributed by atoms with Crippen LogP contribution in [0.3, 0.4) is 0 Å². The Morgan fingerprint density at radius 1 is 1.44 bits per heavy atom. The van der Waals surface area contributed by atoms with Gasteiger partial charge in [-0.25, -0.2) is 9.97 Å². The molecule has 0 radical (unpaired) electrons. The summed E-state index contributed by atoms with van der Waals surface area (Å²) < 4.78 is 0. The minimum atomic E-state index is 0.377. The van der Waals surface area contributed by atoms with Crippen molar-refractivity contribution in [3.05, 3.63) is 34.5 Å². The highest BCUT2D eigenvalue weighted by molar-refractivity contribution is 7.80. The quantitative estimate of drug-likeness (QED) is 0.843. The fourth-order valence-electron chi connectivity index (χ4n) is 2.01. The van der Waals surface area contributed by atoms with Crippen LogP contribution in [0.4, 0.5) is 10.9 Å². The normalized spacial score (nSPS) is 13.3. The molecule has 0 saturated carbocycles. The number of hydrogen-bond donors (Lipinski definition) is 2. The highest BCUT2D eigenvalue weighted by atomic mass is 32.1. The predicted octanol–water partition coefficient (Wildman–Crippen LogP) is 2.40. The lowest BCUT2D eigenvalue weighted by Crippen LogP contribution is -2.09. The van der Waals surface area contributed by atoms with Gasteiger partial charge >= 0.3 is 0 Å². The second kappa shape index (κ2) is 4.62. The van der Waals surface area contributed by atoms with Crippen molar-refractivity contribution < 1.29 is 0 Å². The van der Waals surface area contributed by atoms with E-state index in [4.69, 9.17) is 18.0 Å². The molecule has 2 aromatic heterocycles. The van der Waals surface area contributed by atoms with Crippen molar-refractivity contribution in [3.8, 4) is 0 Å². The molecule has 0 aromatic carbocycles. The van der Waals surface area contributed by atoms with Crippen molar-refractivity contribution in [1.29, 1.82) is 0 Å². The Labute approximate surface area is 114 Å². The van der Waals surface area contributed by atoms with Crippen LogP contribution in [0.5, 0.6) is 0 Å². The number of nitrogens with one attached hydrogen (secondary N) is 1. The smallest absolute Gasteiger partial charge is 0.188 e. The molecule has 4 nitrogen and oxygen atoms in total. The third kappa shape index (κ3) is 2.21. The lowest BCUT2D eigenvalue weighted by molar-refractivity contribution is 0.900. The van der Waals surface area contributed by atoms with Gasteiger partial charge in [0.1, 0.15) is 10.8 Å². The molecule has 0 amide bonds. The molecule has 18 heavy (non-hydrogen) atoms. The van der Waals surface area contributed by atoms with Crippen LogP contribution < -0.4 is 11.1 Å². The van der Waals surface area contributed by atoms with Crippen molar-refractivity contribution in [1.82, 2.24) is 9.97 Å². The van der Waals surface area contributed by atoms with Gasteiger partial charge in [-0.3, -0.25) is 0 Å². The van der Waals surface area contributed by atoms with Crippen LogP contribution in [-0.2, 0) is 12.8 Å². The molecule has 2 heterocycles. The van der Waals surface area contributed by atoms with E-state index >= 15 is 0 Å². The zero-order valence-corrected chi connectivity index (χ0v) is 11.3. The van der Waals surface area contributed by atoms with Gasteiger partial charge in [0.2, 0.25) is 0 Å². The van der Waals surface area contributed by atoms with Crippen LogP contribution in [0, 0.1) is 0 Å². The number of fused-ring (bicyclic) bond motifs is 1. The van der Waals surface area contributed by atoms with Crippen LogP contribution in [0.2, 0.25) is 0 Å². The van der Waals surface area contributed by atoms with E-state index in [0.717, 1.165) is 29.4 Å². The van der Waals surface area contributed by atoms with Crippen LogP contribution in [0.15, 0.2) is 18.3 Å². The van der Waals surface area contributed by atoms with E-state index in [0.29, 0.717) is 4.99 Å². The third-order valence-corrected chi connectivity index (χ3v) is 4.18. The summed E-state index contributed by atoms with van der Waals surface area (Å²) in [6, 6.07) is 3.64. The first-order valence-electron chi connectivity index (χ1n) is 5.74. The fraction of sp³-hybridized carbons (Fsp3) is 0.250. The van der Waals surface area contributed by atoms with Crippen molar-refractivity contribution >= 4 is 39.5 Å². The summed E-state index contributed by atoms with van der Waals surface area (Å²) in [4.78, 5) is 10.6. The van der Waals surface area contributed by atoms with E-state index in [1.54, 1.807) is 23.6 Å². The Morgan fingerprint density at radius 3 is 3.11 bits per heavy atom. The zero-order chi connectivity index (χ0) is 12.5. The number of thiocarbonyl (C=S) groups is 1. The van der Waals surface area contributed by atoms with Crippen molar-refractivity contribution in [2.45, 2.75) is 19.3 Å². The van der Waals surface area contributed by atoms with Gasteiger partial charge in [0.25, 0.3) is 0 Å². The average molecular weight is 276 g/mol. The second-order valence-electron chi connectivity index (χ2n) is 4.16. The van der Waals surface area contributed by atoms with Gasteiger partial charge in [0.05, 0.1) is 5.69 Å². The molecule has 0 bridgehead atoms. The van der Waals surface area contributed by atoms with Crippen LogP contribution >= 0.6 is 23.6 Å². The van der Waals surface area contributed by atoms with Gasteiger partial charge in [-0.2, -0.15) is 0 Å². The van der Waals surface area contributed by atoms with Gasteiger partial charge in [-0.1, -0.05) is 12.2 Å². The summed E-state index contributed by atoms with van der Waals surface area (Å²) in [6.45, 7) is 0. The Hall–Kier alpha value is -1.53. The summed E-state index contributed by atoms with van der Waals surface area (Å²) in [7, 11) is 0. The Kier molecular flexibility index (Phi) is 2.97. The Morgan fingerprint density at radius 2 is 2.33 bits per heavy atom. The SMILES string of the molecule is NC(=S)c1ccnc(Nc2nc3c(s2)CCC3)c1.